The number of aryl methyl sites for hydroxylation is 3. The number of anilines is 5. The minimum Gasteiger partial charge on any atom is -0.418 e. The topological polar surface area (TPSA) is 112 Å². The van der Waals surface area contributed by atoms with Crippen molar-refractivity contribution in [2.24, 2.45) is 0 Å². The van der Waals surface area contributed by atoms with Crippen LogP contribution in [0.25, 0.3) is 0 Å². The summed E-state index contributed by atoms with van der Waals surface area (Å²) >= 11 is 0. The molecule has 0 spiro atoms. The monoisotopic (exact) mass is 502 g/mol. The largest absolute Gasteiger partial charge is 0.418 e. The van der Waals surface area contributed by atoms with Gasteiger partial charge in [0.15, 0.2) is 0 Å². The molecule has 2 N–H and O–H groups in total. The van der Waals surface area contributed by atoms with Crippen molar-refractivity contribution < 1.29 is 13.6 Å². The summed E-state index contributed by atoms with van der Waals surface area (Å²) in [6.07, 6.45) is 1.36. The summed E-state index contributed by atoms with van der Waals surface area (Å²) < 4.78 is 18.9. The number of rotatable bonds is 6. The molecule has 5 rings (SSSR count). The molecule has 10 nitrogen and oxygen atoms in total. The maximum Gasteiger partial charge on any atom is 0.302 e. The van der Waals surface area contributed by atoms with Crippen LogP contribution in [-0.4, -0.2) is 52.0 Å². The van der Waals surface area contributed by atoms with Crippen molar-refractivity contribution in [3.05, 3.63) is 77.2 Å². The molecule has 0 radical (unpaired) electrons. The molecule has 0 aliphatic carbocycles. The highest BCUT2D eigenvalue weighted by molar-refractivity contribution is 6.03. The number of aromatic nitrogens is 4. The van der Waals surface area contributed by atoms with E-state index in [0.717, 1.165) is 35.6 Å². The van der Waals surface area contributed by atoms with Crippen LogP contribution in [-0.2, 0) is 0 Å². The zero-order valence-corrected chi connectivity index (χ0v) is 20.8. The van der Waals surface area contributed by atoms with Crippen LogP contribution in [0.15, 0.2) is 53.1 Å². The number of amides is 1. The second kappa shape index (κ2) is 10.2. The molecule has 2 aromatic carbocycles. The standard InChI is InChI=1S/C26H27FN8O2/c1-16-5-4-6-17(2)22(16)31-23(36)21-15-28-26(37-21)33-24-29-18(3)30-25(32-24)35-13-11-34(12-14-35)20-9-7-19(27)8-10-20/h4-10,15H,11-14H2,1-3H3,(H,31,36)(H,28,29,30,32,33). The van der Waals surface area contributed by atoms with E-state index in [1.165, 1.54) is 18.3 Å². The summed E-state index contributed by atoms with van der Waals surface area (Å²) in [5.41, 5.74) is 3.64. The third-order valence-electron chi connectivity index (χ3n) is 6.16. The van der Waals surface area contributed by atoms with E-state index in [-0.39, 0.29) is 23.5 Å². The maximum atomic E-state index is 13.2. The van der Waals surface area contributed by atoms with Gasteiger partial charge in [-0.15, -0.1) is 0 Å². The van der Waals surface area contributed by atoms with Crippen molar-refractivity contribution >= 4 is 35.2 Å². The third-order valence-corrected chi connectivity index (χ3v) is 6.16. The molecule has 1 saturated heterocycles. The van der Waals surface area contributed by atoms with Gasteiger partial charge < -0.3 is 19.5 Å². The fourth-order valence-corrected chi connectivity index (χ4v) is 4.20. The molecule has 1 amide bonds. The van der Waals surface area contributed by atoms with E-state index in [1.54, 1.807) is 19.1 Å². The van der Waals surface area contributed by atoms with Crippen LogP contribution in [0.5, 0.6) is 0 Å². The van der Waals surface area contributed by atoms with Gasteiger partial charge in [0.1, 0.15) is 11.6 Å². The van der Waals surface area contributed by atoms with Crippen LogP contribution in [0.2, 0.25) is 0 Å². The van der Waals surface area contributed by atoms with E-state index in [4.69, 9.17) is 4.42 Å². The Hall–Kier alpha value is -4.54. The lowest BCUT2D eigenvalue weighted by Crippen LogP contribution is -2.47. The number of halogens is 1. The van der Waals surface area contributed by atoms with Gasteiger partial charge in [0.25, 0.3) is 5.91 Å². The average Bonchev–Trinajstić information content (AvgIpc) is 3.35. The molecule has 0 unspecified atom stereocenters. The Balaban J connectivity index is 1.24. The first-order valence-corrected chi connectivity index (χ1v) is 11.9. The van der Waals surface area contributed by atoms with Gasteiger partial charge in [-0.1, -0.05) is 18.2 Å². The fraction of sp³-hybridized carbons (Fsp3) is 0.269. The molecule has 37 heavy (non-hydrogen) atoms. The van der Waals surface area contributed by atoms with Crippen LogP contribution in [0.4, 0.5) is 33.7 Å². The van der Waals surface area contributed by atoms with Gasteiger partial charge in [-0.25, -0.2) is 9.37 Å². The molecule has 0 saturated carbocycles. The summed E-state index contributed by atoms with van der Waals surface area (Å²) in [6.45, 7) is 8.53. The second-order valence-corrected chi connectivity index (χ2v) is 8.83. The van der Waals surface area contributed by atoms with Gasteiger partial charge >= 0.3 is 6.01 Å². The van der Waals surface area contributed by atoms with Crippen molar-refractivity contribution in [2.45, 2.75) is 20.8 Å². The van der Waals surface area contributed by atoms with E-state index >= 15 is 0 Å². The van der Waals surface area contributed by atoms with Crippen LogP contribution < -0.4 is 20.4 Å². The highest BCUT2D eigenvalue weighted by Crippen LogP contribution is 2.23. The van der Waals surface area contributed by atoms with Crippen LogP contribution in [0, 0.1) is 26.6 Å². The van der Waals surface area contributed by atoms with Crippen LogP contribution in [0.1, 0.15) is 27.5 Å². The molecule has 11 heteroatoms. The Labute approximate surface area is 213 Å². The van der Waals surface area contributed by atoms with Crippen molar-refractivity contribution in [1.82, 2.24) is 19.9 Å². The Morgan fingerprint density at radius 3 is 2.30 bits per heavy atom. The van der Waals surface area contributed by atoms with E-state index in [1.807, 2.05) is 32.0 Å². The number of hydrogen-bond donors (Lipinski definition) is 2. The molecule has 2 aromatic heterocycles. The number of carbonyl (C=O) groups is 1. The molecule has 4 aromatic rings. The minimum absolute atomic E-state index is 0.0630. The molecule has 0 atom stereocenters. The predicted octanol–water partition coefficient (Wildman–Crippen LogP) is 4.25. The number of piperazine rings is 1. The number of hydrogen-bond acceptors (Lipinski definition) is 9. The molecule has 3 heterocycles. The highest BCUT2D eigenvalue weighted by atomic mass is 19.1. The molecule has 1 fully saturated rings. The fourth-order valence-electron chi connectivity index (χ4n) is 4.20. The lowest BCUT2D eigenvalue weighted by Gasteiger charge is -2.36. The van der Waals surface area contributed by atoms with Gasteiger partial charge in [0.05, 0.1) is 6.20 Å². The van der Waals surface area contributed by atoms with E-state index < -0.39 is 5.91 Å². The Bertz CT molecular complexity index is 1390. The predicted molar refractivity (Wildman–Crippen MR) is 139 cm³/mol. The van der Waals surface area contributed by atoms with Gasteiger partial charge in [0.2, 0.25) is 17.7 Å². The Kier molecular flexibility index (Phi) is 6.67. The molecule has 190 valence electrons. The van der Waals surface area contributed by atoms with Gasteiger partial charge in [-0.05, 0) is 56.2 Å². The van der Waals surface area contributed by atoms with E-state index in [0.29, 0.717) is 24.9 Å². The first-order valence-electron chi connectivity index (χ1n) is 11.9. The SMILES string of the molecule is Cc1nc(Nc2ncc(C(=O)Nc3c(C)cccc3C)o2)nc(N2CCN(c3ccc(F)cc3)CC2)n1. The second-order valence-electron chi connectivity index (χ2n) is 8.83. The van der Waals surface area contributed by atoms with Gasteiger partial charge in [-0.2, -0.15) is 15.0 Å². The van der Waals surface area contributed by atoms with Gasteiger partial charge in [-0.3, -0.25) is 10.1 Å². The van der Waals surface area contributed by atoms with Crippen molar-refractivity contribution in [1.29, 1.82) is 0 Å². The quantitative estimate of drug-likeness (QED) is 0.400. The summed E-state index contributed by atoms with van der Waals surface area (Å²) in [5.74, 6) is 0.758. The molecule has 1 aliphatic heterocycles. The van der Waals surface area contributed by atoms with Crippen molar-refractivity contribution in [3.8, 4) is 0 Å². The normalized spacial score (nSPS) is 13.5. The highest BCUT2D eigenvalue weighted by Gasteiger charge is 2.21. The number of nitrogens with zero attached hydrogens (tertiary/aromatic N) is 6. The summed E-state index contributed by atoms with van der Waals surface area (Å²) in [6, 6.07) is 12.4. The number of para-hydroxylation sites is 1. The number of carbonyl (C=O) groups excluding carboxylic acids is 1. The molecule has 0 bridgehead atoms. The molecular formula is C26H27FN8O2. The number of nitrogens with one attached hydrogen (secondary N) is 2. The number of benzene rings is 2. The zero-order chi connectivity index (χ0) is 25.9. The summed E-state index contributed by atoms with van der Waals surface area (Å²) in [7, 11) is 0. The van der Waals surface area contributed by atoms with Crippen molar-refractivity contribution in [3.63, 3.8) is 0 Å². The first-order chi connectivity index (χ1) is 17.9. The first kappa shape index (κ1) is 24.2. The van der Waals surface area contributed by atoms with E-state index in [2.05, 4.69) is 40.4 Å². The zero-order valence-electron chi connectivity index (χ0n) is 20.8. The minimum atomic E-state index is -0.399. The third kappa shape index (κ3) is 5.50. The maximum absolute atomic E-state index is 13.2. The smallest absolute Gasteiger partial charge is 0.302 e. The number of oxazole rings is 1. The van der Waals surface area contributed by atoms with E-state index in [9.17, 15) is 9.18 Å². The molecular weight excluding hydrogens is 475 g/mol. The van der Waals surface area contributed by atoms with Crippen LogP contribution >= 0.6 is 0 Å². The lowest BCUT2D eigenvalue weighted by molar-refractivity contribution is 0.0997. The van der Waals surface area contributed by atoms with Crippen LogP contribution in [0.3, 0.4) is 0 Å². The van der Waals surface area contributed by atoms with Crippen molar-refractivity contribution in [2.75, 3.05) is 46.6 Å². The summed E-state index contributed by atoms with van der Waals surface area (Å²) in [4.78, 5) is 34.5. The summed E-state index contributed by atoms with van der Waals surface area (Å²) in [5, 5.41) is 5.81. The average molecular weight is 503 g/mol. The van der Waals surface area contributed by atoms with Gasteiger partial charge in [0, 0.05) is 37.6 Å². The lowest BCUT2D eigenvalue weighted by atomic mass is 10.1. The molecule has 1 aliphatic rings. The Morgan fingerprint density at radius 2 is 1.59 bits per heavy atom. The Morgan fingerprint density at radius 1 is 0.919 bits per heavy atom.